The molecule has 7 nitrogen and oxygen atoms in total. The fourth-order valence-electron chi connectivity index (χ4n) is 4.20. The van der Waals surface area contributed by atoms with Crippen molar-refractivity contribution in [3.05, 3.63) is 29.8 Å². The first-order valence-electron chi connectivity index (χ1n) is 11.1. The quantitative estimate of drug-likeness (QED) is 0.587. The molecule has 1 aromatic carbocycles. The average Bonchev–Trinajstić information content (AvgIpc) is 2.78. The maximum absolute atomic E-state index is 12.6. The first-order chi connectivity index (χ1) is 14.7. The minimum atomic E-state index is -0.0997. The Bertz CT molecular complexity index is 691. The van der Waals surface area contributed by atoms with Gasteiger partial charge in [0.1, 0.15) is 5.75 Å². The summed E-state index contributed by atoms with van der Waals surface area (Å²) in [6.07, 6.45) is 3.79. The third kappa shape index (κ3) is 6.71. The summed E-state index contributed by atoms with van der Waals surface area (Å²) < 4.78 is 10.8. The number of methoxy groups -OCH3 is 1. The van der Waals surface area contributed by atoms with E-state index >= 15 is 0 Å². The van der Waals surface area contributed by atoms with Gasteiger partial charge in [-0.05, 0) is 37.3 Å². The Kier molecular flexibility index (Phi) is 8.96. The van der Waals surface area contributed by atoms with Crippen LogP contribution in [0, 0.1) is 5.92 Å². The molecule has 0 aromatic heterocycles. The molecular weight excluding hydrogens is 382 g/mol. The molecule has 30 heavy (non-hydrogen) atoms. The Labute approximate surface area is 179 Å². The molecule has 2 aliphatic heterocycles. The van der Waals surface area contributed by atoms with E-state index in [0.717, 1.165) is 70.0 Å². The number of ether oxygens (including phenoxy) is 2. The molecule has 1 aromatic rings. The highest BCUT2D eigenvalue weighted by molar-refractivity contribution is 5.83. The lowest BCUT2D eigenvalue weighted by molar-refractivity contribution is -0.138. The van der Waals surface area contributed by atoms with Gasteiger partial charge < -0.3 is 19.7 Å². The summed E-state index contributed by atoms with van der Waals surface area (Å²) >= 11 is 0. The molecule has 7 heteroatoms. The van der Waals surface area contributed by atoms with Crippen molar-refractivity contribution < 1.29 is 19.1 Å². The van der Waals surface area contributed by atoms with Gasteiger partial charge >= 0.3 is 0 Å². The topological polar surface area (TPSA) is 71.1 Å². The summed E-state index contributed by atoms with van der Waals surface area (Å²) in [6.45, 7) is 6.41. The largest absolute Gasteiger partial charge is 0.496 e. The first kappa shape index (κ1) is 22.6. The second-order valence-electron chi connectivity index (χ2n) is 8.09. The maximum atomic E-state index is 12.6. The number of aryl methyl sites for hydroxylation is 1. The number of amides is 2. The van der Waals surface area contributed by atoms with Gasteiger partial charge in [0.25, 0.3) is 0 Å². The van der Waals surface area contributed by atoms with Crippen LogP contribution in [0.3, 0.4) is 0 Å². The summed E-state index contributed by atoms with van der Waals surface area (Å²) in [7, 11) is 1.68. The van der Waals surface area contributed by atoms with E-state index in [1.54, 1.807) is 7.11 Å². The number of nitrogens with zero attached hydrogens (tertiary/aromatic N) is 2. The number of carbonyl (C=O) groups excluding carboxylic acids is 2. The van der Waals surface area contributed by atoms with Crippen molar-refractivity contribution in [2.75, 3.05) is 59.6 Å². The Morgan fingerprint density at radius 1 is 1.20 bits per heavy atom. The third-order valence-electron chi connectivity index (χ3n) is 5.99. The van der Waals surface area contributed by atoms with Crippen LogP contribution >= 0.6 is 0 Å². The molecule has 0 saturated carbocycles. The number of para-hydroxylation sites is 1. The fraction of sp³-hybridized carbons (Fsp3) is 0.652. The van der Waals surface area contributed by atoms with Crippen LogP contribution in [0.15, 0.2) is 24.3 Å². The normalized spacial score (nSPS) is 20.2. The van der Waals surface area contributed by atoms with E-state index in [-0.39, 0.29) is 17.7 Å². The molecule has 2 saturated heterocycles. The van der Waals surface area contributed by atoms with Crippen LogP contribution in [0.4, 0.5) is 0 Å². The molecule has 0 bridgehead atoms. The van der Waals surface area contributed by atoms with Gasteiger partial charge in [0.2, 0.25) is 11.8 Å². The molecule has 3 rings (SSSR count). The van der Waals surface area contributed by atoms with Gasteiger partial charge in [-0.15, -0.1) is 0 Å². The summed E-state index contributed by atoms with van der Waals surface area (Å²) in [5, 5.41) is 3.06. The number of carbonyl (C=O) groups is 2. The van der Waals surface area contributed by atoms with Crippen LogP contribution in [0.1, 0.15) is 31.2 Å². The Hall–Kier alpha value is -2.12. The van der Waals surface area contributed by atoms with Crippen LogP contribution in [-0.4, -0.2) is 81.2 Å². The summed E-state index contributed by atoms with van der Waals surface area (Å²) in [4.78, 5) is 29.1. The van der Waals surface area contributed by atoms with E-state index in [1.807, 2.05) is 23.1 Å². The zero-order valence-electron chi connectivity index (χ0n) is 18.1. The van der Waals surface area contributed by atoms with E-state index in [9.17, 15) is 9.59 Å². The monoisotopic (exact) mass is 417 g/mol. The van der Waals surface area contributed by atoms with Crippen molar-refractivity contribution in [1.82, 2.24) is 15.1 Å². The van der Waals surface area contributed by atoms with Crippen LogP contribution in [0.5, 0.6) is 5.75 Å². The molecular formula is C23H35N3O4. The van der Waals surface area contributed by atoms with E-state index in [1.165, 1.54) is 0 Å². The molecule has 0 radical (unpaired) electrons. The van der Waals surface area contributed by atoms with Crippen LogP contribution in [0.2, 0.25) is 0 Å². The minimum absolute atomic E-state index is 0.0701. The van der Waals surface area contributed by atoms with Gasteiger partial charge in [-0.2, -0.15) is 0 Å². The van der Waals surface area contributed by atoms with Crippen molar-refractivity contribution in [2.24, 2.45) is 5.92 Å². The summed E-state index contributed by atoms with van der Waals surface area (Å²) in [5.74, 6) is 1.04. The molecule has 1 N–H and O–H groups in total. The van der Waals surface area contributed by atoms with Crippen LogP contribution in [0.25, 0.3) is 0 Å². The lowest BCUT2D eigenvalue weighted by atomic mass is 9.96. The van der Waals surface area contributed by atoms with Gasteiger partial charge in [0, 0.05) is 45.7 Å². The van der Waals surface area contributed by atoms with Gasteiger partial charge in [-0.3, -0.25) is 14.5 Å². The highest BCUT2D eigenvalue weighted by atomic mass is 16.5. The zero-order valence-corrected chi connectivity index (χ0v) is 18.1. The highest BCUT2D eigenvalue weighted by Crippen LogP contribution is 2.20. The smallest absolute Gasteiger partial charge is 0.224 e. The van der Waals surface area contributed by atoms with E-state index in [2.05, 4.69) is 16.3 Å². The molecule has 2 heterocycles. The standard InChI is InChI=1S/C23H35N3O4/c1-29-21-8-3-2-6-19(21)7-4-11-24-23(28)20-9-10-22(27)26(18-20)13-5-12-25-14-16-30-17-15-25/h2-3,6,8,20H,4-5,7,9-18H2,1H3,(H,24,28)/t20-/m1/s1. The van der Waals surface area contributed by atoms with Crippen molar-refractivity contribution in [1.29, 1.82) is 0 Å². The molecule has 2 fully saturated rings. The molecule has 2 amide bonds. The average molecular weight is 418 g/mol. The predicted molar refractivity (Wildman–Crippen MR) is 116 cm³/mol. The predicted octanol–water partition coefficient (Wildman–Crippen LogP) is 1.70. The molecule has 2 aliphatic rings. The Morgan fingerprint density at radius 3 is 2.80 bits per heavy atom. The number of hydrogen-bond donors (Lipinski definition) is 1. The Balaban J connectivity index is 1.36. The van der Waals surface area contributed by atoms with Crippen LogP contribution in [-0.2, 0) is 20.7 Å². The number of piperidine rings is 1. The fourth-order valence-corrected chi connectivity index (χ4v) is 4.20. The number of morpholine rings is 1. The number of benzene rings is 1. The second kappa shape index (κ2) is 11.9. The SMILES string of the molecule is COc1ccccc1CCCNC(=O)[C@@H]1CCC(=O)N(CCCN2CCOCC2)C1. The van der Waals surface area contributed by atoms with E-state index in [4.69, 9.17) is 9.47 Å². The number of rotatable bonds is 10. The third-order valence-corrected chi connectivity index (χ3v) is 5.99. The van der Waals surface area contributed by atoms with Crippen molar-refractivity contribution in [2.45, 2.75) is 32.1 Å². The van der Waals surface area contributed by atoms with E-state index in [0.29, 0.717) is 25.9 Å². The first-order valence-corrected chi connectivity index (χ1v) is 11.1. The number of likely N-dealkylation sites (tertiary alicyclic amines) is 1. The molecule has 0 aliphatic carbocycles. The molecule has 0 spiro atoms. The second-order valence-corrected chi connectivity index (χ2v) is 8.09. The van der Waals surface area contributed by atoms with Crippen molar-refractivity contribution in [3.8, 4) is 5.75 Å². The summed E-state index contributed by atoms with van der Waals surface area (Å²) in [6, 6.07) is 7.98. The molecule has 0 unspecified atom stereocenters. The lowest BCUT2D eigenvalue weighted by Gasteiger charge is -2.33. The lowest BCUT2D eigenvalue weighted by Crippen LogP contribution is -2.47. The summed E-state index contributed by atoms with van der Waals surface area (Å²) in [5.41, 5.74) is 1.16. The minimum Gasteiger partial charge on any atom is -0.496 e. The van der Waals surface area contributed by atoms with Gasteiger partial charge in [-0.1, -0.05) is 18.2 Å². The zero-order chi connectivity index (χ0) is 21.2. The van der Waals surface area contributed by atoms with Crippen molar-refractivity contribution >= 4 is 11.8 Å². The number of hydrogen-bond acceptors (Lipinski definition) is 5. The molecule has 166 valence electrons. The van der Waals surface area contributed by atoms with Gasteiger partial charge in [-0.25, -0.2) is 0 Å². The van der Waals surface area contributed by atoms with Crippen molar-refractivity contribution in [3.63, 3.8) is 0 Å². The highest BCUT2D eigenvalue weighted by Gasteiger charge is 2.29. The van der Waals surface area contributed by atoms with Crippen LogP contribution < -0.4 is 10.1 Å². The van der Waals surface area contributed by atoms with Gasteiger partial charge in [0.05, 0.1) is 26.2 Å². The maximum Gasteiger partial charge on any atom is 0.224 e. The van der Waals surface area contributed by atoms with E-state index < -0.39 is 0 Å². The Morgan fingerprint density at radius 2 is 2.00 bits per heavy atom. The molecule has 1 atom stereocenters. The number of nitrogens with one attached hydrogen (secondary N) is 1. The van der Waals surface area contributed by atoms with Gasteiger partial charge in [0.15, 0.2) is 0 Å².